The van der Waals surface area contributed by atoms with E-state index in [9.17, 15) is 17.6 Å². The van der Waals surface area contributed by atoms with E-state index in [1.54, 1.807) is 7.05 Å². The molecule has 1 N–H and O–H groups in total. The van der Waals surface area contributed by atoms with Gasteiger partial charge in [-0.15, -0.1) is 0 Å². The molecular weight excluding hydrogens is 285 g/mol. The molecule has 1 aromatic heterocycles. The van der Waals surface area contributed by atoms with Crippen molar-refractivity contribution in [2.45, 2.75) is 6.42 Å². The zero-order valence-electron chi connectivity index (χ0n) is 11.1. The molecule has 1 aliphatic rings. The van der Waals surface area contributed by atoms with Crippen LogP contribution in [0.25, 0.3) is 0 Å². The minimum absolute atomic E-state index is 0.0592. The predicted molar refractivity (Wildman–Crippen MR) is 72.9 cm³/mol. The molecule has 0 radical (unpaired) electrons. The van der Waals surface area contributed by atoms with Crippen molar-refractivity contribution in [3.8, 4) is 0 Å². The number of rotatable bonds is 2. The summed E-state index contributed by atoms with van der Waals surface area (Å²) in [5.41, 5.74) is 0.117. The van der Waals surface area contributed by atoms with E-state index in [0.717, 1.165) is 12.3 Å². The molecule has 6 nitrogen and oxygen atoms in total. The van der Waals surface area contributed by atoms with Gasteiger partial charge >= 0.3 is 0 Å². The molecule has 0 atom stereocenters. The molecule has 0 unspecified atom stereocenters. The Bertz CT molecular complexity index is 618. The Morgan fingerprint density at radius 1 is 1.40 bits per heavy atom. The van der Waals surface area contributed by atoms with Gasteiger partial charge in [0.05, 0.1) is 23.3 Å². The molecule has 1 saturated heterocycles. The van der Waals surface area contributed by atoms with Crippen molar-refractivity contribution in [1.82, 2.24) is 9.88 Å². The fraction of sp³-hybridized carbons (Fsp3) is 0.500. The molecule has 0 saturated carbocycles. The number of pyridine rings is 1. The average molecular weight is 301 g/mol. The summed E-state index contributed by atoms with van der Waals surface area (Å²) < 4.78 is 36.3. The van der Waals surface area contributed by atoms with Crippen LogP contribution in [0.15, 0.2) is 12.3 Å². The molecular formula is C12H16FN3O3S. The van der Waals surface area contributed by atoms with Crippen LogP contribution in [-0.2, 0) is 9.84 Å². The highest BCUT2D eigenvalue weighted by molar-refractivity contribution is 7.91. The summed E-state index contributed by atoms with van der Waals surface area (Å²) >= 11 is 0. The molecule has 1 fully saturated rings. The molecule has 1 aromatic rings. The van der Waals surface area contributed by atoms with E-state index < -0.39 is 21.6 Å². The molecule has 110 valence electrons. The van der Waals surface area contributed by atoms with E-state index in [-0.39, 0.29) is 29.4 Å². The quantitative estimate of drug-likeness (QED) is 0.861. The predicted octanol–water partition coefficient (Wildman–Crippen LogP) is 0.523. The summed E-state index contributed by atoms with van der Waals surface area (Å²) in [6, 6.07) is 1.11. The van der Waals surface area contributed by atoms with Gasteiger partial charge in [0.2, 0.25) is 0 Å². The second-order valence-electron chi connectivity index (χ2n) is 4.60. The summed E-state index contributed by atoms with van der Waals surface area (Å²) in [6.07, 6.45) is 1.42. The Morgan fingerprint density at radius 2 is 2.15 bits per heavy atom. The Labute approximate surface area is 116 Å². The van der Waals surface area contributed by atoms with E-state index >= 15 is 0 Å². The molecule has 2 heterocycles. The van der Waals surface area contributed by atoms with Crippen molar-refractivity contribution in [2.75, 3.05) is 37.0 Å². The van der Waals surface area contributed by atoms with Crippen LogP contribution in [0.1, 0.15) is 16.8 Å². The van der Waals surface area contributed by atoms with E-state index in [2.05, 4.69) is 10.3 Å². The number of hydrogen-bond acceptors (Lipinski definition) is 5. The van der Waals surface area contributed by atoms with Crippen LogP contribution < -0.4 is 5.32 Å². The highest BCUT2D eigenvalue weighted by Crippen LogP contribution is 2.17. The van der Waals surface area contributed by atoms with Gasteiger partial charge in [-0.2, -0.15) is 0 Å². The maximum absolute atomic E-state index is 13.3. The topological polar surface area (TPSA) is 79.4 Å². The summed E-state index contributed by atoms with van der Waals surface area (Å²) in [5, 5.41) is 2.73. The number of aromatic nitrogens is 1. The molecule has 20 heavy (non-hydrogen) atoms. The molecule has 0 aliphatic carbocycles. The van der Waals surface area contributed by atoms with Crippen molar-refractivity contribution in [3.05, 3.63) is 23.6 Å². The highest BCUT2D eigenvalue weighted by atomic mass is 32.2. The number of nitrogens with one attached hydrogen (secondary N) is 1. The molecule has 0 bridgehead atoms. The molecule has 0 aromatic carbocycles. The summed E-state index contributed by atoms with van der Waals surface area (Å²) in [5.74, 6) is -0.704. The summed E-state index contributed by atoms with van der Waals surface area (Å²) in [7, 11) is -1.50. The number of anilines is 1. The normalized spacial score (nSPS) is 18.4. The highest BCUT2D eigenvalue weighted by Gasteiger charge is 2.25. The lowest BCUT2D eigenvalue weighted by Crippen LogP contribution is -2.34. The maximum Gasteiger partial charge on any atom is 0.257 e. The van der Waals surface area contributed by atoms with E-state index in [4.69, 9.17) is 0 Å². The first kappa shape index (κ1) is 14.7. The largest absolute Gasteiger partial charge is 0.372 e. The van der Waals surface area contributed by atoms with Crippen LogP contribution in [0.3, 0.4) is 0 Å². The van der Waals surface area contributed by atoms with Crippen molar-refractivity contribution >= 4 is 21.6 Å². The Morgan fingerprint density at radius 3 is 2.85 bits per heavy atom. The smallest absolute Gasteiger partial charge is 0.257 e. The van der Waals surface area contributed by atoms with Gasteiger partial charge in [0.15, 0.2) is 9.84 Å². The Balaban J connectivity index is 2.25. The number of amides is 1. The van der Waals surface area contributed by atoms with Crippen molar-refractivity contribution in [1.29, 1.82) is 0 Å². The SMILES string of the molecule is CNc1ncc(F)cc1C(=O)N1CCCS(=O)(=O)CC1. The molecule has 2 rings (SSSR count). The number of hydrogen-bond donors (Lipinski definition) is 1. The zero-order chi connectivity index (χ0) is 14.8. The van der Waals surface area contributed by atoms with Gasteiger partial charge in [0, 0.05) is 20.1 Å². The minimum Gasteiger partial charge on any atom is -0.372 e. The zero-order valence-corrected chi connectivity index (χ0v) is 11.9. The first-order valence-corrected chi connectivity index (χ1v) is 8.08. The molecule has 1 aliphatic heterocycles. The standard InChI is InChI=1S/C12H16FN3O3S/c1-14-11-10(7-9(13)8-15-11)12(17)16-3-2-5-20(18,19)6-4-16/h7-8H,2-6H2,1H3,(H,14,15). The molecule has 1 amide bonds. The molecule has 8 heteroatoms. The lowest BCUT2D eigenvalue weighted by Gasteiger charge is -2.20. The van der Waals surface area contributed by atoms with Crippen molar-refractivity contribution < 1.29 is 17.6 Å². The first-order valence-electron chi connectivity index (χ1n) is 6.26. The van der Waals surface area contributed by atoms with Gasteiger partial charge in [-0.05, 0) is 12.5 Å². The van der Waals surface area contributed by atoms with Gasteiger partial charge < -0.3 is 10.2 Å². The van der Waals surface area contributed by atoms with Gasteiger partial charge in [-0.25, -0.2) is 17.8 Å². The second-order valence-corrected chi connectivity index (χ2v) is 6.90. The van der Waals surface area contributed by atoms with Crippen molar-refractivity contribution in [3.63, 3.8) is 0 Å². The Hall–Kier alpha value is -1.70. The number of carbonyl (C=O) groups excluding carboxylic acids is 1. The third-order valence-corrected chi connectivity index (χ3v) is 4.88. The number of nitrogens with zero attached hydrogens (tertiary/aromatic N) is 2. The van der Waals surface area contributed by atoms with E-state index in [1.165, 1.54) is 4.90 Å². The molecule has 0 spiro atoms. The third-order valence-electron chi connectivity index (χ3n) is 3.16. The van der Waals surface area contributed by atoms with Crippen LogP contribution in [0.4, 0.5) is 10.2 Å². The van der Waals surface area contributed by atoms with Gasteiger partial charge in [-0.3, -0.25) is 4.79 Å². The fourth-order valence-corrected chi connectivity index (χ4v) is 3.39. The van der Waals surface area contributed by atoms with Crippen LogP contribution >= 0.6 is 0 Å². The lowest BCUT2D eigenvalue weighted by molar-refractivity contribution is 0.0768. The van der Waals surface area contributed by atoms with Crippen molar-refractivity contribution in [2.24, 2.45) is 0 Å². The van der Waals surface area contributed by atoms with Crippen LogP contribution in [0.5, 0.6) is 0 Å². The first-order chi connectivity index (χ1) is 9.43. The monoisotopic (exact) mass is 301 g/mol. The van der Waals surface area contributed by atoms with Crippen LogP contribution in [0, 0.1) is 5.82 Å². The number of sulfone groups is 1. The lowest BCUT2D eigenvalue weighted by atomic mass is 10.2. The average Bonchev–Trinajstić information content (AvgIpc) is 2.59. The van der Waals surface area contributed by atoms with Crippen LogP contribution in [-0.4, -0.2) is 55.9 Å². The van der Waals surface area contributed by atoms with Gasteiger partial charge in [-0.1, -0.05) is 0 Å². The van der Waals surface area contributed by atoms with Gasteiger partial charge in [0.25, 0.3) is 5.91 Å². The maximum atomic E-state index is 13.3. The second kappa shape index (κ2) is 5.74. The van der Waals surface area contributed by atoms with Crippen LogP contribution in [0.2, 0.25) is 0 Å². The number of carbonyl (C=O) groups is 1. The minimum atomic E-state index is -3.09. The van der Waals surface area contributed by atoms with E-state index in [0.29, 0.717) is 13.0 Å². The number of halogens is 1. The van der Waals surface area contributed by atoms with Gasteiger partial charge in [0.1, 0.15) is 11.6 Å². The Kier molecular flexibility index (Phi) is 4.22. The fourth-order valence-electron chi connectivity index (χ4n) is 2.11. The summed E-state index contributed by atoms with van der Waals surface area (Å²) in [4.78, 5) is 17.6. The summed E-state index contributed by atoms with van der Waals surface area (Å²) in [6.45, 7) is 0.471. The third kappa shape index (κ3) is 3.24. The van der Waals surface area contributed by atoms with E-state index in [1.807, 2.05) is 0 Å².